The van der Waals surface area contributed by atoms with Gasteiger partial charge in [0.1, 0.15) is 0 Å². The third-order valence-corrected chi connectivity index (χ3v) is 4.62. The van der Waals surface area contributed by atoms with Crippen molar-refractivity contribution >= 4 is 18.3 Å². The van der Waals surface area contributed by atoms with Crippen molar-refractivity contribution in [2.75, 3.05) is 19.6 Å². The van der Waals surface area contributed by atoms with Crippen molar-refractivity contribution in [3.8, 4) is 0 Å². The number of hydrogen-bond acceptors (Lipinski definition) is 2. The van der Waals surface area contributed by atoms with Gasteiger partial charge in [-0.3, -0.25) is 4.79 Å². The first-order valence-corrected chi connectivity index (χ1v) is 7.80. The van der Waals surface area contributed by atoms with E-state index in [-0.39, 0.29) is 12.4 Å². The van der Waals surface area contributed by atoms with E-state index in [1.807, 2.05) is 0 Å². The molecular weight excluding hydrogens is 260 g/mol. The molecule has 1 saturated carbocycles. The third kappa shape index (κ3) is 4.96. The van der Waals surface area contributed by atoms with Gasteiger partial charge >= 0.3 is 0 Å². The minimum atomic E-state index is 0. The van der Waals surface area contributed by atoms with Gasteiger partial charge in [-0.2, -0.15) is 0 Å². The number of halogens is 1. The summed E-state index contributed by atoms with van der Waals surface area (Å²) >= 11 is 0. The monoisotopic (exact) mass is 288 g/mol. The summed E-state index contributed by atoms with van der Waals surface area (Å²) in [5, 5.41) is 0. The van der Waals surface area contributed by atoms with Crippen LogP contribution in [0.1, 0.15) is 57.8 Å². The van der Waals surface area contributed by atoms with Gasteiger partial charge < -0.3 is 10.6 Å². The van der Waals surface area contributed by atoms with Crippen LogP contribution in [0, 0.1) is 11.8 Å². The SMILES string of the molecule is Cl.NCC1CCCN(C(=O)C2CCCCCCC2)C1. The Morgan fingerprint density at radius 2 is 1.63 bits per heavy atom. The smallest absolute Gasteiger partial charge is 0.225 e. The van der Waals surface area contributed by atoms with Crippen molar-refractivity contribution in [3.05, 3.63) is 0 Å². The number of likely N-dealkylation sites (tertiary alicyclic amines) is 1. The largest absolute Gasteiger partial charge is 0.342 e. The maximum Gasteiger partial charge on any atom is 0.225 e. The number of piperidine rings is 1. The molecule has 2 N–H and O–H groups in total. The fourth-order valence-electron chi connectivity index (χ4n) is 3.42. The molecule has 0 aromatic heterocycles. The van der Waals surface area contributed by atoms with E-state index in [2.05, 4.69) is 4.90 Å². The van der Waals surface area contributed by atoms with Crippen LogP contribution >= 0.6 is 12.4 Å². The summed E-state index contributed by atoms with van der Waals surface area (Å²) in [6, 6.07) is 0. The van der Waals surface area contributed by atoms with Crippen LogP contribution in [0.5, 0.6) is 0 Å². The van der Waals surface area contributed by atoms with Gasteiger partial charge in [-0.1, -0.05) is 32.1 Å². The first-order chi connectivity index (χ1) is 8.81. The van der Waals surface area contributed by atoms with Crippen LogP contribution in [0.25, 0.3) is 0 Å². The highest BCUT2D eigenvalue weighted by molar-refractivity contribution is 5.85. The molecule has 1 aliphatic heterocycles. The summed E-state index contributed by atoms with van der Waals surface area (Å²) in [6.45, 7) is 2.60. The Morgan fingerprint density at radius 1 is 1.00 bits per heavy atom. The molecule has 2 fully saturated rings. The van der Waals surface area contributed by atoms with Crippen LogP contribution in [0.15, 0.2) is 0 Å². The number of nitrogens with zero attached hydrogens (tertiary/aromatic N) is 1. The number of carbonyl (C=O) groups excluding carboxylic acids is 1. The number of nitrogens with two attached hydrogens (primary N) is 1. The molecule has 4 heteroatoms. The maximum atomic E-state index is 12.6. The van der Waals surface area contributed by atoms with Crippen molar-refractivity contribution in [1.82, 2.24) is 4.90 Å². The van der Waals surface area contributed by atoms with Gasteiger partial charge in [-0.15, -0.1) is 12.4 Å². The molecule has 1 aliphatic carbocycles. The van der Waals surface area contributed by atoms with E-state index >= 15 is 0 Å². The van der Waals surface area contributed by atoms with Crippen LogP contribution in [-0.4, -0.2) is 30.4 Å². The van der Waals surface area contributed by atoms with E-state index in [0.29, 0.717) is 17.7 Å². The Balaban J connectivity index is 0.00000180. The summed E-state index contributed by atoms with van der Waals surface area (Å²) in [7, 11) is 0. The van der Waals surface area contributed by atoms with Crippen molar-refractivity contribution in [2.24, 2.45) is 17.6 Å². The van der Waals surface area contributed by atoms with Gasteiger partial charge in [0.05, 0.1) is 0 Å². The third-order valence-electron chi connectivity index (χ3n) is 4.62. The van der Waals surface area contributed by atoms with E-state index in [1.54, 1.807) is 0 Å². The number of amides is 1. The summed E-state index contributed by atoms with van der Waals surface area (Å²) in [5.74, 6) is 1.27. The lowest BCUT2D eigenvalue weighted by Crippen LogP contribution is -2.44. The van der Waals surface area contributed by atoms with Gasteiger partial charge in [-0.25, -0.2) is 0 Å². The molecule has 1 amide bonds. The zero-order valence-corrected chi connectivity index (χ0v) is 12.8. The quantitative estimate of drug-likeness (QED) is 0.849. The van der Waals surface area contributed by atoms with Gasteiger partial charge in [0.2, 0.25) is 5.91 Å². The van der Waals surface area contributed by atoms with E-state index in [0.717, 1.165) is 38.9 Å². The molecule has 1 atom stereocenters. The first-order valence-electron chi connectivity index (χ1n) is 7.80. The minimum Gasteiger partial charge on any atom is -0.342 e. The second kappa shape index (κ2) is 8.80. The van der Waals surface area contributed by atoms with Crippen molar-refractivity contribution in [3.63, 3.8) is 0 Å². The van der Waals surface area contributed by atoms with Crippen molar-refractivity contribution in [1.29, 1.82) is 0 Å². The molecule has 112 valence electrons. The molecule has 0 aromatic rings. The number of hydrogen-bond donors (Lipinski definition) is 1. The summed E-state index contributed by atoms with van der Waals surface area (Å²) in [4.78, 5) is 14.7. The van der Waals surface area contributed by atoms with E-state index in [4.69, 9.17) is 5.73 Å². The molecule has 1 heterocycles. The van der Waals surface area contributed by atoms with Crippen molar-refractivity contribution < 1.29 is 4.79 Å². The van der Waals surface area contributed by atoms with Crippen LogP contribution in [0.4, 0.5) is 0 Å². The Hall–Kier alpha value is -0.280. The van der Waals surface area contributed by atoms with E-state index in [9.17, 15) is 4.79 Å². The predicted octanol–water partition coefficient (Wildman–Crippen LogP) is 2.97. The standard InChI is InChI=1S/C15H28N2O.ClH/c16-11-13-7-6-10-17(12-13)15(18)14-8-4-2-1-3-5-9-14;/h13-14H,1-12,16H2;1H. The van der Waals surface area contributed by atoms with Gasteiger partial charge in [0.25, 0.3) is 0 Å². The van der Waals surface area contributed by atoms with Gasteiger partial charge in [0.15, 0.2) is 0 Å². The summed E-state index contributed by atoms with van der Waals surface area (Å²) in [6.07, 6.45) is 11.0. The van der Waals surface area contributed by atoms with Gasteiger partial charge in [0, 0.05) is 19.0 Å². The molecule has 3 nitrogen and oxygen atoms in total. The predicted molar refractivity (Wildman–Crippen MR) is 81.4 cm³/mol. The highest BCUT2D eigenvalue weighted by atomic mass is 35.5. The van der Waals surface area contributed by atoms with Gasteiger partial charge in [-0.05, 0) is 38.1 Å². The second-order valence-corrected chi connectivity index (χ2v) is 6.07. The molecule has 19 heavy (non-hydrogen) atoms. The molecule has 2 rings (SSSR count). The lowest BCUT2D eigenvalue weighted by Gasteiger charge is -2.35. The normalized spacial score (nSPS) is 26.2. The lowest BCUT2D eigenvalue weighted by atomic mass is 9.89. The van der Waals surface area contributed by atoms with Crippen LogP contribution in [-0.2, 0) is 4.79 Å². The Bertz CT molecular complexity index is 261. The molecule has 0 aromatic carbocycles. The number of carbonyl (C=O) groups is 1. The van der Waals surface area contributed by atoms with E-state index in [1.165, 1.54) is 38.5 Å². The molecule has 0 bridgehead atoms. The lowest BCUT2D eigenvalue weighted by molar-refractivity contribution is -0.138. The minimum absolute atomic E-state index is 0. The second-order valence-electron chi connectivity index (χ2n) is 6.07. The van der Waals surface area contributed by atoms with Crippen LogP contribution in [0.2, 0.25) is 0 Å². The zero-order chi connectivity index (χ0) is 12.8. The summed E-state index contributed by atoms with van der Waals surface area (Å²) in [5.41, 5.74) is 5.75. The van der Waals surface area contributed by atoms with Crippen LogP contribution in [0.3, 0.4) is 0 Å². The highest BCUT2D eigenvalue weighted by Gasteiger charge is 2.28. The van der Waals surface area contributed by atoms with Crippen molar-refractivity contribution in [2.45, 2.75) is 57.8 Å². The maximum absolute atomic E-state index is 12.6. The Labute approximate surface area is 123 Å². The molecular formula is C15H29ClN2O. The topological polar surface area (TPSA) is 46.3 Å². The summed E-state index contributed by atoms with van der Waals surface area (Å²) < 4.78 is 0. The fourth-order valence-corrected chi connectivity index (χ4v) is 3.42. The molecule has 2 aliphatic rings. The fraction of sp³-hybridized carbons (Fsp3) is 0.933. The Morgan fingerprint density at radius 3 is 2.26 bits per heavy atom. The van der Waals surface area contributed by atoms with Crippen LogP contribution < -0.4 is 5.73 Å². The van der Waals surface area contributed by atoms with E-state index < -0.39 is 0 Å². The molecule has 1 unspecified atom stereocenters. The molecule has 1 saturated heterocycles. The number of rotatable bonds is 2. The first kappa shape index (κ1) is 16.8. The highest BCUT2D eigenvalue weighted by Crippen LogP contribution is 2.26. The zero-order valence-electron chi connectivity index (χ0n) is 12.0. The average molecular weight is 289 g/mol. The Kier molecular flexibility index (Phi) is 7.77. The molecule has 0 spiro atoms. The molecule has 0 radical (unpaired) electrons. The average Bonchev–Trinajstić information content (AvgIpc) is 2.38.